The Morgan fingerprint density at radius 2 is 2.21 bits per heavy atom. The average molecular weight is 405 g/mol. The Hall–Kier alpha value is -2.68. The van der Waals surface area contributed by atoms with Gasteiger partial charge in [0.25, 0.3) is 6.47 Å². The summed E-state index contributed by atoms with van der Waals surface area (Å²) in [5, 5.41) is 10.6. The summed E-state index contributed by atoms with van der Waals surface area (Å²) in [5.41, 5.74) is 0.846. The number of anilines is 1. The van der Waals surface area contributed by atoms with Crippen LogP contribution >= 0.6 is 11.3 Å². The summed E-state index contributed by atoms with van der Waals surface area (Å²) < 4.78 is 6.50. The monoisotopic (exact) mass is 405 g/mol. The second-order valence-electron chi connectivity index (χ2n) is 6.71. The lowest BCUT2D eigenvalue weighted by Gasteiger charge is -2.27. The smallest absolute Gasteiger partial charge is 0.290 e. The van der Waals surface area contributed by atoms with Crippen LogP contribution in [0.3, 0.4) is 0 Å². The maximum Gasteiger partial charge on any atom is 0.290 e. The Morgan fingerprint density at radius 1 is 1.46 bits per heavy atom. The van der Waals surface area contributed by atoms with Crippen molar-refractivity contribution in [1.82, 2.24) is 10.3 Å². The molecule has 1 aromatic heterocycles. The van der Waals surface area contributed by atoms with Crippen LogP contribution in [-0.2, 0) is 14.4 Å². The number of carbonyl (C=O) groups excluding carboxylic acids is 2. The van der Waals surface area contributed by atoms with Crippen molar-refractivity contribution < 1.29 is 24.2 Å². The summed E-state index contributed by atoms with van der Waals surface area (Å²) in [5.74, 6) is 0.493. The fourth-order valence-corrected chi connectivity index (χ4v) is 4.22. The van der Waals surface area contributed by atoms with Crippen LogP contribution in [0.4, 0.5) is 5.13 Å². The fraction of sp³-hybridized carbons (Fsp3) is 0.474. The van der Waals surface area contributed by atoms with Crippen LogP contribution in [0, 0.1) is 5.92 Å². The van der Waals surface area contributed by atoms with Gasteiger partial charge in [-0.3, -0.25) is 19.3 Å². The van der Waals surface area contributed by atoms with Gasteiger partial charge in [0.2, 0.25) is 11.8 Å². The van der Waals surface area contributed by atoms with Crippen LogP contribution in [0.2, 0.25) is 0 Å². The number of hydrogen-bond donors (Lipinski definition) is 2. The summed E-state index contributed by atoms with van der Waals surface area (Å²) in [4.78, 5) is 39.3. The number of nitrogens with one attached hydrogen (secondary N) is 1. The standard InChI is InChI=1S/C18H21N3O3S.CH2O2/c1-2-24-13-6-7-14-15(9-13)25-18(20-14)21-10-11(8-16(21)22)17(23)19-12-4-3-5-12;2-1-3/h6-7,9,11-12H,2-5,8,10H2,1H3,(H,19,23);1H,(H,2,3). The average Bonchev–Trinajstić information content (AvgIpc) is 3.22. The van der Waals surface area contributed by atoms with Crippen molar-refractivity contribution in [1.29, 1.82) is 0 Å². The molecule has 2 heterocycles. The third-order valence-electron chi connectivity index (χ3n) is 4.84. The molecule has 28 heavy (non-hydrogen) atoms. The Labute approximate surface area is 166 Å². The second-order valence-corrected chi connectivity index (χ2v) is 7.72. The number of fused-ring (bicyclic) bond motifs is 1. The summed E-state index contributed by atoms with van der Waals surface area (Å²) in [7, 11) is 0. The molecule has 1 aliphatic carbocycles. The molecular formula is C19H23N3O5S. The zero-order valence-corrected chi connectivity index (χ0v) is 16.4. The van der Waals surface area contributed by atoms with E-state index in [-0.39, 0.29) is 30.6 Å². The predicted octanol–water partition coefficient (Wildman–Crippen LogP) is 2.42. The molecule has 1 saturated heterocycles. The zero-order valence-electron chi connectivity index (χ0n) is 15.6. The highest BCUT2D eigenvalue weighted by Gasteiger charge is 2.37. The van der Waals surface area contributed by atoms with Gasteiger partial charge in [0, 0.05) is 19.0 Å². The summed E-state index contributed by atoms with van der Waals surface area (Å²) in [6.45, 7) is 2.72. The molecule has 0 radical (unpaired) electrons. The van der Waals surface area contributed by atoms with Crippen molar-refractivity contribution in [2.45, 2.75) is 38.6 Å². The fourth-order valence-electron chi connectivity index (χ4n) is 3.20. The number of ether oxygens (including phenoxy) is 1. The first-order valence-corrected chi connectivity index (χ1v) is 10.1. The van der Waals surface area contributed by atoms with Gasteiger partial charge in [-0.15, -0.1) is 0 Å². The molecule has 8 nitrogen and oxygen atoms in total. The Bertz CT molecular complexity index is 864. The molecule has 1 aromatic carbocycles. The number of thiazole rings is 1. The minimum atomic E-state index is -0.279. The third-order valence-corrected chi connectivity index (χ3v) is 5.88. The molecule has 2 amide bonds. The Kier molecular flexibility index (Phi) is 6.45. The lowest BCUT2D eigenvalue weighted by Crippen LogP contribution is -2.43. The van der Waals surface area contributed by atoms with Crippen molar-refractivity contribution in [2.24, 2.45) is 5.92 Å². The molecule has 1 saturated carbocycles. The molecule has 1 atom stereocenters. The maximum absolute atomic E-state index is 12.4. The SMILES string of the molecule is CCOc1ccc2nc(N3CC(C(=O)NC4CCC4)CC3=O)sc2c1.O=CO. The molecule has 2 N–H and O–H groups in total. The van der Waals surface area contributed by atoms with E-state index >= 15 is 0 Å². The first kappa shape index (κ1) is 20.1. The lowest BCUT2D eigenvalue weighted by molar-refractivity contribution is -0.127. The number of carboxylic acid groups (broad SMARTS) is 1. The Morgan fingerprint density at radius 3 is 2.86 bits per heavy atom. The van der Waals surface area contributed by atoms with Crippen molar-refractivity contribution in [3.05, 3.63) is 18.2 Å². The minimum absolute atomic E-state index is 0.000271. The van der Waals surface area contributed by atoms with Gasteiger partial charge in [-0.2, -0.15) is 0 Å². The van der Waals surface area contributed by atoms with Gasteiger partial charge in [-0.1, -0.05) is 11.3 Å². The Balaban J connectivity index is 0.000000706. The maximum atomic E-state index is 12.4. The van der Waals surface area contributed by atoms with E-state index in [1.54, 1.807) is 4.90 Å². The first-order chi connectivity index (χ1) is 13.5. The van der Waals surface area contributed by atoms with Gasteiger partial charge >= 0.3 is 0 Å². The number of hydrogen-bond acceptors (Lipinski definition) is 6. The van der Waals surface area contributed by atoms with Crippen LogP contribution in [0.5, 0.6) is 5.75 Å². The molecule has 2 fully saturated rings. The van der Waals surface area contributed by atoms with Gasteiger partial charge < -0.3 is 15.2 Å². The quantitative estimate of drug-likeness (QED) is 0.740. The van der Waals surface area contributed by atoms with E-state index in [2.05, 4.69) is 10.3 Å². The lowest BCUT2D eigenvalue weighted by atomic mass is 9.92. The van der Waals surface area contributed by atoms with E-state index in [4.69, 9.17) is 14.6 Å². The van der Waals surface area contributed by atoms with Crippen LogP contribution in [0.15, 0.2) is 18.2 Å². The second kappa shape index (κ2) is 9.01. The molecule has 2 aromatic rings. The van der Waals surface area contributed by atoms with Gasteiger partial charge in [-0.25, -0.2) is 4.98 Å². The van der Waals surface area contributed by atoms with Gasteiger partial charge in [-0.05, 0) is 44.4 Å². The minimum Gasteiger partial charge on any atom is -0.494 e. The van der Waals surface area contributed by atoms with E-state index in [9.17, 15) is 9.59 Å². The van der Waals surface area contributed by atoms with E-state index in [0.29, 0.717) is 24.3 Å². The predicted molar refractivity (Wildman–Crippen MR) is 106 cm³/mol. The first-order valence-electron chi connectivity index (χ1n) is 9.27. The molecular weight excluding hydrogens is 382 g/mol. The van der Waals surface area contributed by atoms with Gasteiger partial charge in [0.05, 0.1) is 22.7 Å². The number of rotatable bonds is 5. The van der Waals surface area contributed by atoms with Gasteiger partial charge in [0.1, 0.15) is 5.75 Å². The highest BCUT2D eigenvalue weighted by molar-refractivity contribution is 7.22. The van der Waals surface area contributed by atoms with Crippen LogP contribution < -0.4 is 15.0 Å². The van der Waals surface area contributed by atoms with Crippen LogP contribution in [0.25, 0.3) is 10.2 Å². The summed E-state index contributed by atoms with van der Waals surface area (Å²) in [6.07, 6.45) is 3.54. The summed E-state index contributed by atoms with van der Waals surface area (Å²) >= 11 is 1.46. The van der Waals surface area contributed by atoms with E-state index in [1.807, 2.05) is 25.1 Å². The zero-order chi connectivity index (χ0) is 20.1. The molecule has 0 bridgehead atoms. The van der Waals surface area contributed by atoms with E-state index < -0.39 is 0 Å². The summed E-state index contributed by atoms with van der Waals surface area (Å²) in [6, 6.07) is 6.04. The molecule has 1 unspecified atom stereocenters. The number of benzene rings is 1. The third kappa shape index (κ3) is 4.41. The van der Waals surface area contributed by atoms with Gasteiger partial charge in [0.15, 0.2) is 5.13 Å². The molecule has 1 aliphatic heterocycles. The molecule has 0 spiro atoms. The molecule has 2 aliphatic rings. The van der Waals surface area contributed by atoms with Crippen LogP contribution in [-0.4, -0.2) is 47.6 Å². The van der Waals surface area contributed by atoms with Crippen molar-refractivity contribution >= 4 is 45.0 Å². The highest BCUT2D eigenvalue weighted by Crippen LogP contribution is 2.34. The molecule has 4 rings (SSSR count). The number of carbonyl (C=O) groups is 3. The highest BCUT2D eigenvalue weighted by atomic mass is 32.1. The number of amides is 2. The normalized spacial score (nSPS) is 19.0. The number of aromatic nitrogens is 1. The van der Waals surface area contributed by atoms with E-state index in [1.165, 1.54) is 17.8 Å². The van der Waals surface area contributed by atoms with E-state index in [0.717, 1.165) is 28.8 Å². The van der Waals surface area contributed by atoms with Crippen molar-refractivity contribution in [3.8, 4) is 5.75 Å². The molecule has 150 valence electrons. The number of nitrogens with zero attached hydrogens (tertiary/aromatic N) is 2. The van der Waals surface area contributed by atoms with Crippen molar-refractivity contribution in [2.75, 3.05) is 18.1 Å². The molecule has 9 heteroatoms. The largest absolute Gasteiger partial charge is 0.494 e. The topological polar surface area (TPSA) is 109 Å². The van der Waals surface area contributed by atoms with Crippen molar-refractivity contribution in [3.63, 3.8) is 0 Å². The van der Waals surface area contributed by atoms with Crippen LogP contribution in [0.1, 0.15) is 32.6 Å².